The van der Waals surface area contributed by atoms with Gasteiger partial charge in [0.1, 0.15) is 11.5 Å². The molecule has 3 aromatic rings. The lowest BCUT2D eigenvalue weighted by atomic mass is 10.0. The highest BCUT2D eigenvalue weighted by Crippen LogP contribution is 2.36. The van der Waals surface area contributed by atoms with Crippen LogP contribution in [0.1, 0.15) is 32.6 Å². The van der Waals surface area contributed by atoms with Gasteiger partial charge in [-0.3, -0.25) is 13.8 Å². The first kappa shape index (κ1) is 21.1. The fourth-order valence-corrected chi connectivity index (χ4v) is 6.63. The zero-order valence-electron chi connectivity index (χ0n) is 18.6. The number of hydrogen-bond donors (Lipinski definition) is 0. The number of nitrogens with zero attached hydrogens (tertiary/aromatic N) is 3. The van der Waals surface area contributed by atoms with E-state index in [-0.39, 0.29) is 12.0 Å². The third-order valence-corrected chi connectivity index (χ3v) is 8.80. The topological polar surface area (TPSA) is 64.4 Å². The lowest BCUT2D eigenvalue weighted by molar-refractivity contribution is -0.117. The standard InChI is InChI=1S/C25H29N3O3S/c1-17(19-7-10-22(29)13-19)31-25-15-20(14-24-23(25)16-27(2)26-24)18-5-8-21(9-6-18)28-11-4-12-32(28,3)30/h5-6,8-9,14-17,19H,3-4,7,10-13H2,1-2H3/t17-,19+,32?/m1/s1. The van der Waals surface area contributed by atoms with Crippen molar-refractivity contribution in [2.45, 2.75) is 38.7 Å². The van der Waals surface area contributed by atoms with Gasteiger partial charge in [0, 0.05) is 59.7 Å². The minimum absolute atomic E-state index is 0.0390. The van der Waals surface area contributed by atoms with Crippen molar-refractivity contribution in [3.8, 4) is 16.9 Å². The molecule has 2 aromatic carbocycles. The third kappa shape index (κ3) is 3.90. The molecule has 2 heterocycles. The summed E-state index contributed by atoms with van der Waals surface area (Å²) in [5, 5.41) is 5.57. The first-order valence-corrected chi connectivity index (χ1v) is 13.0. The predicted octanol–water partition coefficient (Wildman–Crippen LogP) is 4.22. The SMILES string of the molecule is C=S1(=O)CCCN1c1ccc(-c2cc(O[C@H](C)[C@H]3CCC(=O)C3)c3cn(C)nc3c2)cc1. The van der Waals surface area contributed by atoms with Gasteiger partial charge in [0.05, 0.1) is 17.0 Å². The molecular weight excluding hydrogens is 422 g/mol. The van der Waals surface area contributed by atoms with Crippen LogP contribution in [0.3, 0.4) is 0 Å². The molecule has 1 aliphatic heterocycles. The molecule has 1 unspecified atom stereocenters. The van der Waals surface area contributed by atoms with E-state index < -0.39 is 9.71 Å². The Bertz CT molecular complexity index is 1280. The molecule has 0 amide bonds. The second-order valence-corrected chi connectivity index (χ2v) is 11.4. The molecule has 2 aliphatic rings. The maximum atomic E-state index is 12.7. The number of Topliss-reactive ketones (excluding diaryl/α,β-unsaturated/α-hetero) is 1. The molecule has 3 atom stereocenters. The number of ether oxygens (including phenoxy) is 1. The van der Waals surface area contributed by atoms with Crippen LogP contribution in [0.4, 0.5) is 5.69 Å². The zero-order chi connectivity index (χ0) is 22.5. The Morgan fingerprint density at radius 2 is 2.00 bits per heavy atom. The van der Waals surface area contributed by atoms with Gasteiger partial charge in [-0.1, -0.05) is 12.1 Å². The van der Waals surface area contributed by atoms with Crippen LogP contribution in [0.25, 0.3) is 22.0 Å². The van der Waals surface area contributed by atoms with Crippen molar-refractivity contribution in [2.75, 3.05) is 16.6 Å². The molecule has 0 bridgehead atoms. The van der Waals surface area contributed by atoms with Gasteiger partial charge in [-0.25, -0.2) is 4.21 Å². The number of carbonyl (C=O) groups excluding carboxylic acids is 1. The van der Waals surface area contributed by atoms with Gasteiger partial charge in [-0.15, -0.1) is 0 Å². The minimum atomic E-state index is -2.20. The third-order valence-electron chi connectivity index (χ3n) is 6.68. The number of fused-ring (bicyclic) bond motifs is 1. The maximum Gasteiger partial charge on any atom is 0.133 e. The van der Waals surface area contributed by atoms with Crippen LogP contribution >= 0.6 is 0 Å². The van der Waals surface area contributed by atoms with E-state index in [0.29, 0.717) is 24.4 Å². The zero-order valence-corrected chi connectivity index (χ0v) is 19.4. The highest BCUT2D eigenvalue weighted by molar-refractivity contribution is 8.01. The Morgan fingerprint density at radius 1 is 1.22 bits per heavy atom. The second-order valence-electron chi connectivity index (χ2n) is 9.05. The van der Waals surface area contributed by atoms with E-state index >= 15 is 0 Å². The molecule has 1 aliphatic carbocycles. The van der Waals surface area contributed by atoms with Crippen LogP contribution < -0.4 is 9.04 Å². The fourth-order valence-electron chi connectivity index (χ4n) is 4.87. The summed E-state index contributed by atoms with van der Waals surface area (Å²) >= 11 is 0. The Morgan fingerprint density at radius 3 is 2.66 bits per heavy atom. The second kappa shape index (κ2) is 7.96. The molecule has 6 nitrogen and oxygen atoms in total. The first-order chi connectivity index (χ1) is 15.3. The van der Waals surface area contributed by atoms with E-state index in [4.69, 9.17) is 4.74 Å². The van der Waals surface area contributed by atoms with E-state index in [2.05, 4.69) is 42.2 Å². The van der Waals surface area contributed by atoms with Gasteiger partial charge in [0.2, 0.25) is 0 Å². The number of carbonyl (C=O) groups is 1. The van der Waals surface area contributed by atoms with Crippen LogP contribution in [-0.4, -0.2) is 44.0 Å². The highest BCUT2D eigenvalue weighted by atomic mass is 32.2. The summed E-state index contributed by atoms with van der Waals surface area (Å²) in [5.74, 6) is 5.96. The number of rotatable bonds is 5. The van der Waals surface area contributed by atoms with Crippen molar-refractivity contribution in [1.82, 2.24) is 9.78 Å². The summed E-state index contributed by atoms with van der Waals surface area (Å²) in [6.45, 7) is 2.83. The lowest BCUT2D eigenvalue weighted by Gasteiger charge is -2.22. The Balaban J connectivity index is 1.47. The molecule has 1 saturated heterocycles. The number of hydrogen-bond acceptors (Lipinski definition) is 4. The van der Waals surface area contributed by atoms with E-state index in [1.807, 2.05) is 29.7 Å². The quantitative estimate of drug-likeness (QED) is 0.545. The van der Waals surface area contributed by atoms with Crippen LogP contribution in [-0.2, 0) is 21.5 Å². The minimum Gasteiger partial charge on any atom is -0.490 e. The van der Waals surface area contributed by atoms with Gasteiger partial charge in [0.15, 0.2) is 0 Å². The van der Waals surface area contributed by atoms with Crippen molar-refractivity contribution < 1.29 is 13.7 Å². The monoisotopic (exact) mass is 451 g/mol. The molecule has 2 fully saturated rings. The molecular formula is C25H29N3O3S. The number of benzene rings is 2. The van der Waals surface area contributed by atoms with Gasteiger partial charge in [-0.2, -0.15) is 5.10 Å². The van der Waals surface area contributed by atoms with Crippen molar-refractivity contribution in [3.05, 3.63) is 42.6 Å². The van der Waals surface area contributed by atoms with Gasteiger partial charge in [0.25, 0.3) is 0 Å². The van der Waals surface area contributed by atoms with E-state index in [1.165, 1.54) is 0 Å². The molecule has 7 heteroatoms. The van der Waals surface area contributed by atoms with Crippen LogP contribution in [0.2, 0.25) is 0 Å². The summed E-state index contributed by atoms with van der Waals surface area (Å²) in [6.07, 6.45) is 4.99. The van der Waals surface area contributed by atoms with Crippen molar-refractivity contribution in [1.29, 1.82) is 0 Å². The normalized spacial score (nSPS) is 24.4. The van der Waals surface area contributed by atoms with E-state index in [9.17, 15) is 9.00 Å². The van der Waals surface area contributed by atoms with E-state index in [0.717, 1.165) is 52.9 Å². The fraction of sp³-hybridized carbons (Fsp3) is 0.400. The molecule has 168 valence electrons. The average Bonchev–Trinajstić information content (AvgIpc) is 3.45. The molecule has 0 N–H and O–H groups in total. The first-order valence-electron chi connectivity index (χ1n) is 11.2. The maximum absolute atomic E-state index is 12.7. The van der Waals surface area contributed by atoms with Gasteiger partial charge >= 0.3 is 0 Å². The average molecular weight is 452 g/mol. The highest BCUT2D eigenvalue weighted by Gasteiger charge is 2.29. The van der Waals surface area contributed by atoms with Crippen LogP contribution in [0.15, 0.2) is 42.6 Å². The molecule has 1 aromatic heterocycles. The summed E-state index contributed by atoms with van der Waals surface area (Å²) in [5.41, 5.74) is 3.88. The number of anilines is 1. The Hall–Kier alpha value is -2.80. The van der Waals surface area contributed by atoms with Gasteiger partial charge in [-0.05, 0) is 61.0 Å². The Labute approximate surface area is 189 Å². The smallest absolute Gasteiger partial charge is 0.133 e. The lowest BCUT2D eigenvalue weighted by Crippen LogP contribution is -2.24. The molecule has 32 heavy (non-hydrogen) atoms. The number of ketones is 1. The summed E-state index contributed by atoms with van der Waals surface area (Å²) in [4.78, 5) is 11.7. The Kier molecular flexibility index (Phi) is 5.24. The number of aromatic nitrogens is 2. The largest absolute Gasteiger partial charge is 0.490 e. The summed E-state index contributed by atoms with van der Waals surface area (Å²) in [7, 11) is -0.293. The summed E-state index contributed by atoms with van der Waals surface area (Å²) in [6, 6.07) is 12.3. The van der Waals surface area contributed by atoms with Crippen molar-refractivity contribution in [2.24, 2.45) is 13.0 Å². The molecule has 5 rings (SSSR count). The van der Waals surface area contributed by atoms with Crippen molar-refractivity contribution >= 4 is 38.0 Å². The molecule has 0 spiro atoms. The van der Waals surface area contributed by atoms with Crippen LogP contribution in [0.5, 0.6) is 5.75 Å². The molecule has 0 radical (unpaired) electrons. The van der Waals surface area contributed by atoms with E-state index in [1.54, 1.807) is 4.68 Å². The van der Waals surface area contributed by atoms with Crippen molar-refractivity contribution in [3.63, 3.8) is 0 Å². The predicted molar refractivity (Wildman–Crippen MR) is 131 cm³/mol. The van der Waals surface area contributed by atoms with Gasteiger partial charge < -0.3 is 4.74 Å². The van der Waals surface area contributed by atoms with Crippen LogP contribution in [0, 0.1) is 5.92 Å². The summed E-state index contributed by atoms with van der Waals surface area (Å²) < 4.78 is 22.8. The number of aryl methyl sites for hydroxylation is 1. The molecule has 1 saturated carbocycles.